The number of amides is 1. The molecular weight excluding hydrogens is 190 g/mol. The van der Waals surface area contributed by atoms with Gasteiger partial charge in [-0.1, -0.05) is 37.0 Å². The summed E-state index contributed by atoms with van der Waals surface area (Å²) in [6, 6.07) is 7.92. The van der Waals surface area contributed by atoms with E-state index in [9.17, 15) is 4.79 Å². The quantitative estimate of drug-likeness (QED) is 0.733. The molecule has 2 nitrogen and oxygen atoms in total. The lowest BCUT2D eigenvalue weighted by Crippen LogP contribution is -2.37. The first-order chi connectivity index (χ1) is 6.45. The molecule has 0 saturated heterocycles. The summed E-state index contributed by atoms with van der Waals surface area (Å²) in [4.78, 5) is 11.3. The van der Waals surface area contributed by atoms with Crippen molar-refractivity contribution in [1.82, 2.24) is 5.32 Å². The fraction of sp³-hybridized carbons (Fsp3) is 0.364. The van der Waals surface area contributed by atoms with Crippen molar-refractivity contribution in [2.24, 2.45) is 0 Å². The molecule has 0 atom stereocenters. The van der Waals surface area contributed by atoms with E-state index < -0.39 is 8.07 Å². The second kappa shape index (κ2) is 3.96. The summed E-state index contributed by atoms with van der Waals surface area (Å²) in [5.41, 5.74) is 0.731. The molecule has 0 saturated carbocycles. The summed E-state index contributed by atoms with van der Waals surface area (Å²) >= 11 is 0. The Labute approximate surface area is 86.3 Å². The van der Waals surface area contributed by atoms with Crippen LogP contribution >= 0.6 is 0 Å². The van der Waals surface area contributed by atoms with Crippen LogP contribution in [-0.2, 0) is 0 Å². The molecule has 0 unspecified atom stereocenters. The highest BCUT2D eigenvalue weighted by Gasteiger charge is 2.16. The van der Waals surface area contributed by atoms with Gasteiger partial charge in [-0.15, -0.1) is 0 Å². The maximum absolute atomic E-state index is 11.3. The summed E-state index contributed by atoms with van der Waals surface area (Å²) in [6.45, 7) is 6.88. The van der Waals surface area contributed by atoms with Crippen LogP contribution in [0.5, 0.6) is 0 Å². The molecule has 0 aliphatic rings. The number of carbonyl (C=O) groups excluding carboxylic acids is 1. The number of rotatable bonds is 2. The van der Waals surface area contributed by atoms with Gasteiger partial charge in [0, 0.05) is 12.6 Å². The molecule has 0 fully saturated rings. The normalized spacial score (nSPS) is 11.1. The lowest BCUT2D eigenvalue weighted by molar-refractivity contribution is 0.0963. The Kier molecular flexibility index (Phi) is 3.11. The zero-order valence-electron chi connectivity index (χ0n) is 9.22. The molecule has 1 aromatic carbocycles. The van der Waals surface area contributed by atoms with Crippen molar-refractivity contribution in [3.05, 3.63) is 29.8 Å². The van der Waals surface area contributed by atoms with E-state index in [1.165, 1.54) is 5.19 Å². The second-order valence-electron chi connectivity index (χ2n) is 4.41. The average Bonchev–Trinajstić information content (AvgIpc) is 2.15. The smallest absolute Gasteiger partial charge is 0.251 e. The van der Waals surface area contributed by atoms with Crippen molar-refractivity contribution in [2.75, 3.05) is 7.05 Å². The highest BCUT2D eigenvalue weighted by atomic mass is 28.3. The van der Waals surface area contributed by atoms with Gasteiger partial charge in [0.2, 0.25) is 0 Å². The number of hydrogen-bond donors (Lipinski definition) is 1. The van der Waals surface area contributed by atoms with Gasteiger partial charge in [0.15, 0.2) is 0 Å². The van der Waals surface area contributed by atoms with E-state index >= 15 is 0 Å². The average molecular weight is 207 g/mol. The van der Waals surface area contributed by atoms with Gasteiger partial charge in [-0.25, -0.2) is 0 Å². The molecule has 0 bridgehead atoms. The van der Waals surface area contributed by atoms with E-state index in [1.54, 1.807) is 7.05 Å². The molecule has 1 amide bonds. The molecular formula is C11H17NOSi. The predicted octanol–water partition coefficient (Wildman–Crippen LogP) is 1.59. The fourth-order valence-corrected chi connectivity index (χ4v) is 2.43. The third kappa shape index (κ3) is 2.45. The monoisotopic (exact) mass is 207 g/mol. The fourth-order valence-electron chi connectivity index (χ4n) is 1.27. The topological polar surface area (TPSA) is 29.1 Å². The molecule has 0 aliphatic heterocycles. The first kappa shape index (κ1) is 11.0. The molecule has 14 heavy (non-hydrogen) atoms. The van der Waals surface area contributed by atoms with Crippen LogP contribution < -0.4 is 10.5 Å². The Morgan fingerprint density at radius 1 is 1.14 bits per heavy atom. The van der Waals surface area contributed by atoms with Gasteiger partial charge in [-0.05, 0) is 12.1 Å². The molecule has 76 valence electrons. The van der Waals surface area contributed by atoms with Gasteiger partial charge in [0.25, 0.3) is 5.91 Å². The highest BCUT2D eigenvalue weighted by molar-refractivity contribution is 6.88. The lowest BCUT2D eigenvalue weighted by atomic mass is 10.2. The molecule has 1 aromatic rings. The van der Waals surface area contributed by atoms with Crippen LogP contribution in [0.25, 0.3) is 0 Å². The van der Waals surface area contributed by atoms with E-state index in [4.69, 9.17) is 0 Å². The second-order valence-corrected chi connectivity index (χ2v) is 9.48. The molecule has 0 heterocycles. The van der Waals surface area contributed by atoms with Gasteiger partial charge in [0.1, 0.15) is 0 Å². The van der Waals surface area contributed by atoms with E-state index in [-0.39, 0.29) is 5.91 Å². The Bertz CT molecular complexity index is 324. The molecule has 0 aromatic heterocycles. The molecule has 1 rings (SSSR count). The van der Waals surface area contributed by atoms with Crippen LogP contribution in [0.15, 0.2) is 24.3 Å². The third-order valence-corrected chi connectivity index (χ3v) is 4.31. The van der Waals surface area contributed by atoms with Crippen molar-refractivity contribution >= 4 is 19.2 Å². The summed E-state index contributed by atoms with van der Waals surface area (Å²) in [7, 11) is 0.415. The Hall–Kier alpha value is -1.09. The largest absolute Gasteiger partial charge is 0.355 e. The summed E-state index contributed by atoms with van der Waals surface area (Å²) in [6.07, 6.45) is 0. The lowest BCUT2D eigenvalue weighted by Gasteiger charge is -2.16. The SMILES string of the molecule is CNC(=O)c1ccc([Si](C)(C)C)cc1. The number of benzene rings is 1. The maximum Gasteiger partial charge on any atom is 0.251 e. The highest BCUT2D eigenvalue weighted by Crippen LogP contribution is 2.04. The first-order valence-corrected chi connectivity index (χ1v) is 8.28. The predicted molar refractivity (Wildman–Crippen MR) is 62.8 cm³/mol. The van der Waals surface area contributed by atoms with Crippen molar-refractivity contribution in [1.29, 1.82) is 0 Å². The summed E-state index contributed by atoms with van der Waals surface area (Å²) in [5, 5.41) is 3.99. The number of nitrogens with one attached hydrogen (secondary N) is 1. The van der Waals surface area contributed by atoms with Gasteiger partial charge >= 0.3 is 0 Å². The summed E-state index contributed by atoms with van der Waals surface area (Å²) < 4.78 is 0. The standard InChI is InChI=1S/C11H17NOSi/c1-12-11(13)9-5-7-10(8-6-9)14(2,3)4/h5-8H,1-4H3,(H,12,13). The zero-order valence-corrected chi connectivity index (χ0v) is 10.2. The van der Waals surface area contributed by atoms with Crippen molar-refractivity contribution < 1.29 is 4.79 Å². The van der Waals surface area contributed by atoms with Crippen LogP contribution in [0.2, 0.25) is 19.6 Å². The van der Waals surface area contributed by atoms with E-state index in [0.29, 0.717) is 0 Å². The Morgan fingerprint density at radius 3 is 2.00 bits per heavy atom. The number of hydrogen-bond acceptors (Lipinski definition) is 1. The number of carbonyl (C=O) groups is 1. The van der Waals surface area contributed by atoms with Crippen LogP contribution in [0.4, 0.5) is 0 Å². The summed E-state index contributed by atoms with van der Waals surface area (Å²) in [5.74, 6) is -0.0212. The molecule has 3 heteroatoms. The Balaban J connectivity index is 2.95. The van der Waals surface area contributed by atoms with E-state index in [2.05, 4.69) is 37.1 Å². The van der Waals surface area contributed by atoms with E-state index in [0.717, 1.165) is 5.56 Å². The van der Waals surface area contributed by atoms with Gasteiger partial charge in [-0.3, -0.25) is 4.79 Å². The zero-order chi connectivity index (χ0) is 10.8. The minimum absolute atomic E-state index is 0.0212. The third-order valence-electron chi connectivity index (χ3n) is 2.24. The molecule has 0 spiro atoms. The van der Waals surface area contributed by atoms with Gasteiger partial charge in [-0.2, -0.15) is 0 Å². The minimum Gasteiger partial charge on any atom is -0.355 e. The van der Waals surface area contributed by atoms with Crippen LogP contribution in [0, 0.1) is 0 Å². The minimum atomic E-state index is -1.23. The molecule has 0 aliphatic carbocycles. The molecule has 1 N–H and O–H groups in total. The van der Waals surface area contributed by atoms with Crippen molar-refractivity contribution in [2.45, 2.75) is 19.6 Å². The van der Waals surface area contributed by atoms with Crippen molar-refractivity contribution in [3.8, 4) is 0 Å². The van der Waals surface area contributed by atoms with Gasteiger partial charge < -0.3 is 5.32 Å². The van der Waals surface area contributed by atoms with Gasteiger partial charge in [0.05, 0.1) is 8.07 Å². The van der Waals surface area contributed by atoms with Crippen molar-refractivity contribution in [3.63, 3.8) is 0 Å². The Morgan fingerprint density at radius 2 is 1.64 bits per heavy atom. The first-order valence-electron chi connectivity index (χ1n) is 4.78. The van der Waals surface area contributed by atoms with Crippen LogP contribution in [0.1, 0.15) is 10.4 Å². The molecule has 0 radical (unpaired) electrons. The maximum atomic E-state index is 11.3. The van der Waals surface area contributed by atoms with Crippen LogP contribution in [0.3, 0.4) is 0 Å². The van der Waals surface area contributed by atoms with Crippen LogP contribution in [-0.4, -0.2) is 21.0 Å². The van der Waals surface area contributed by atoms with E-state index in [1.807, 2.05) is 12.1 Å².